The summed E-state index contributed by atoms with van der Waals surface area (Å²) in [6.07, 6.45) is -0.509. The average molecular weight is 201 g/mol. The smallest absolute Gasteiger partial charge is 0.299 e. The number of allylic oxidation sites excluding steroid dienone is 1. The molecule has 0 saturated heterocycles. The SMILES string of the molecule is O=CC=Cc1ccnc(C(F)(F)F)c1. The highest BCUT2D eigenvalue weighted by molar-refractivity contribution is 5.73. The van der Waals surface area contributed by atoms with Crippen LogP contribution in [-0.2, 0) is 11.0 Å². The van der Waals surface area contributed by atoms with Crippen LogP contribution in [0.25, 0.3) is 6.08 Å². The van der Waals surface area contributed by atoms with E-state index in [0.717, 1.165) is 18.3 Å². The van der Waals surface area contributed by atoms with E-state index in [0.29, 0.717) is 11.8 Å². The van der Waals surface area contributed by atoms with Gasteiger partial charge in [0.25, 0.3) is 0 Å². The molecule has 1 rings (SSSR count). The molecule has 0 aliphatic rings. The average Bonchev–Trinajstić information content (AvgIpc) is 2.14. The van der Waals surface area contributed by atoms with Gasteiger partial charge in [0.1, 0.15) is 12.0 Å². The molecular weight excluding hydrogens is 195 g/mol. The van der Waals surface area contributed by atoms with Gasteiger partial charge in [-0.15, -0.1) is 0 Å². The van der Waals surface area contributed by atoms with Crippen molar-refractivity contribution in [2.45, 2.75) is 6.18 Å². The molecule has 1 aromatic rings. The predicted octanol–water partition coefficient (Wildman–Crippen LogP) is 2.31. The summed E-state index contributed by atoms with van der Waals surface area (Å²) in [5.74, 6) is 0. The van der Waals surface area contributed by atoms with Crippen molar-refractivity contribution in [3.63, 3.8) is 0 Å². The van der Waals surface area contributed by atoms with E-state index >= 15 is 0 Å². The number of carbonyl (C=O) groups excluding carboxylic acids is 1. The Morgan fingerprint density at radius 3 is 2.64 bits per heavy atom. The zero-order valence-corrected chi connectivity index (χ0v) is 6.95. The van der Waals surface area contributed by atoms with Crippen molar-refractivity contribution >= 4 is 12.4 Å². The summed E-state index contributed by atoms with van der Waals surface area (Å²) in [5.41, 5.74) is -0.676. The fourth-order valence-electron chi connectivity index (χ4n) is 0.856. The van der Waals surface area contributed by atoms with Gasteiger partial charge in [0, 0.05) is 6.20 Å². The highest BCUT2D eigenvalue weighted by Gasteiger charge is 2.32. The summed E-state index contributed by atoms with van der Waals surface area (Å²) >= 11 is 0. The highest BCUT2D eigenvalue weighted by Crippen LogP contribution is 2.27. The summed E-state index contributed by atoms with van der Waals surface area (Å²) in [4.78, 5) is 13.1. The number of hydrogen-bond donors (Lipinski definition) is 0. The lowest BCUT2D eigenvalue weighted by atomic mass is 10.2. The van der Waals surface area contributed by atoms with Crippen LogP contribution in [0.4, 0.5) is 13.2 Å². The van der Waals surface area contributed by atoms with Crippen LogP contribution < -0.4 is 0 Å². The van der Waals surface area contributed by atoms with Crippen LogP contribution >= 0.6 is 0 Å². The van der Waals surface area contributed by atoms with Gasteiger partial charge in [-0.1, -0.05) is 6.08 Å². The molecule has 0 spiro atoms. The summed E-state index contributed by atoms with van der Waals surface area (Å²) in [7, 11) is 0. The van der Waals surface area contributed by atoms with Crippen LogP contribution in [0.5, 0.6) is 0 Å². The Morgan fingerprint density at radius 2 is 2.07 bits per heavy atom. The van der Waals surface area contributed by atoms with E-state index in [2.05, 4.69) is 4.98 Å². The van der Waals surface area contributed by atoms with Gasteiger partial charge in [-0.25, -0.2) is 0 Å². The number of alkyl halides is 3. The molecule has 0 N–H and O–H groups in total. The number of rotatable bonds is 2. The topological polar surface area (TPSA) is 30.0 Å². The van der Waals surface area contributed by atoms with Crippen molar-refractivity contribution in [2.24, 2.45) is 0 Å². The monoisotopic (exact) mass is 201 g/mol. The van der Waals surface area contributed by atoms with E-state index < -0.39 is 11.9 Å². The first-order valence-corrected chi connectivity index (χ1v) is 3.69. The molecule has 0 fully saturated rings. The molecule has 74 valence electrons. The highest BCUT2D eigenvalue weighted by atomic mass is 19.4. The van der Waals surface area contributed by atoms with Crippen LogP contribution in [0.2, 0.25) is 0 Å². The predicted molar refractivity (Wildman–Crippen MR) is 44.3 cm³/mol. The molecule has 14 heavy (non-hydrogen) atoms. The molecule has 0 aliphatic heterocycles. The first-order valence-electron chi connectivity index (χ1n) is 3.69. The van der Waals surface area contributed by atoms with Crippen molar-refractivity contribution in [3.8, 4) is 0 Å². The van der Waals surface area contributed by atoms with Gasteiger partial charge in [0.2, 0.25) is 0 Å². The van der Waals surface area contributed by atoms with Gasteiger partial charge < -0.3 is 0 Å². The zero-order chi connectivity index (χ0) is 10.6. The van der Waals surface area contributed by atoms with E-state index in [-0.39, 0.29) is 0 Å². The molecular formula is C9H6F3NO. The second-order valence-corrected chi connectivity index (χ2v) is 2.47. The number of hydrogen-bond acceptors (Lipinski definition) is 2. The van der Waals surface area contributed by atoms with Crippen molar-refractivity contribution < 1.29 is 18.0 Å². The van der Waals surface area contributed by atoms with Gasteiger partial charge in [0.05, 0.1) is 0 Å². The maximum Gasteiger partial charge on any atom is 0.433 e. The van der Waals surface area contributed by atoms with Gasteiger partial charge in [-0.05, 0) is 23.8 Å². The summed E-state index contributed by atoms with van der Waals surface area (Å²) in [5, 5.41) is 0. The summed E-state index contributed by atoms with van der Waals surface area (Å²) < 4.78 is 36.4. The van der Waals surface area contributed by atoms with Gasteiger partial charge >= 0.3 is 6.18 Å². The quantitative estimate of drug-likeness (QED) is 0.542. The number of carbonyl (C=O) groups is 1. The fraction of sp³-hybridized carbons (Fsp3) is 0.111. The molecule has 1 aromatic heterocycles. The molecule has 0 aliphatic carbocycles. The Balaban J connectivity index is 3.01. The molecule has 0 bridgehead atoms. The fourth-order valence-corrected chi connectivity index (χ4v) is 0.856. The lowest BCUT2D eigenvalue weighted by Gasteiger charge is -2.04. The third-order valence-corrected chi connectivity index (χ3v) is 1.44. The zero-order valence-electron chi connectivity index (χ0n) is 6.95. The van der Waals surface area contributed by atoms with Crippen LogP contribution in [0, 0.1) is 0 Å². The third kappa shape index (κ3) is 2.69. The Labute approximate surface area is 78.1 Å². The van der Waals surface area contributed by atoms with E-state index in [4.69, 9.17) is 0 Å². The maximum atomic E-state index is 12.1. The number of nitrogens with zero attached hydrogens (tertiary/aromatic N) is 1. The van der Waals surface area contributed by atoms with Gasteiger partial charge in [-0.3, -0.25) is 9.78 Å². The van der Waals surface area contributed by atoms with E-state index in [1.54, 1.807) is 0 Å². The lowest BCUT2D eigenvalue weighted by molar-refractivity contribution is -0.141. The number of pyridine rings is 1. The Kier molecular flexibility index (Phi) is 3.01. The summed E-state index contributed by atoms with van der Waals surface area (Å²) in [6.45, 7) is 0. The lowest BCUT2D eigenvalue weighted by Crippen LogP contribution is -2.07. The first kappa shape index (κ1) is 10.4. The third-order valence-electron chi connectivity index (χ3n) is 1.44. The Hall–Kier alpha value is -1.65. The molecule has 0 aromatic carbocycles. The molecule has 0 saturated carbocycles. The van der Waals surface area contributed by atoms with E-state index in [1.807, 2.05) is 0 Å². The van der Waals surface area contributed by atoms with Crippen molar-refractivity contribution in [3.05, 3.63) is 35.7 Å². The number of aldehydes is 1. The minimum Gasteiger partial charge on any atom is -0.299 e. The molecule has 0 unspecified atom stereocenters. The van der Waals surface area contributed by atoms with Gasteiger partial charge in [0.15, 0.2) is 0 Å². The molecule has 0 atom stereocenters. The maximum absolute atomic E-state index is 12.1. The van der Waals surface area contributed by atoms with Crippen molar-refractivity contribution in [2.75, 3.05) is 0 Å². The van der Waals surface area contributed by atoms with E-state index in [1.165, 1.54) is 12.1 Å². The van der Waals surface area contributed by atoms with Crippen molar-refractivity contribution in [1.29, 1.82) is 0 Å². The van der Waals surface area contributed by atoms with Crippen LogP contribution in [-0.4, -0.2) is 11.3 Å². The molecule has 0 amide bonds. The minimum absolute atomic E-state index is 0.291. The van der Waals surface area contributed by atoms with Crippen LogP contribution in [0.1, 0.15) is 11.3 Å². The molecule has 1 heterocycles. The minimum atomic E-state index is -4.45. The molecule has 0 radical (unpaired) electrons. The second-order valence-electron chi connectivity index (χ2n) is 2.47. The number of aromatic nitrogens is 1. The molecule has 5 heteroatoms. The van der Waals surface area contributed by atoms with Crippen molar-refractivity contribution in [1.82, 2.24) is 4.98 Å². The Morgan fingerprint density at radius 1 is 1.36 bits per heavy atom. The second kappa shape index (κ2) is 4.04. The first-order chi connectivity index (χ1) is 6.54. The largest absolute Gasteiger partial charge is 0.433 e. The van der Waals surface area contributed by atoms with Crippen LogP contribution in [0.3, 0.4) is 0 Å². The Bertz CT molecular complexity index is 357. The molecule has 2 nitrogen and oxygen atoms in total. The van der Waals surface area contributed by atoms with Gasteiger partial charge in [-0.2, -0.15) is 13.2 Å². The summed E-state index contributed by atoms with van der Waals surface area (Å²) in [6, 6.07) is 2.26. The van der Waals surface area contributed by atoms with Crippen LogP contribution in [0.15, 0.2) is 24.4 Å². The normalized spacial score (nSPS) is 11.9. The van der Waals surface area contributed by atoms with E-state index in [9.17, 15) is 18.0 Å². The number of halogens is 3. The standard InChI is InChI=1S/C9H6F3NO/c10-9(11,12)8-6-7(2-1-5-14)3-4-13-8/h1-6H.